The van der Waals surface area contributed by atoms with Gasteiger partial charge in [0.25, 0.3) is 0 Å². The fraction of sp³-hybridized carbons (Fsp3) is 0.486. The van der Waals surface area contributed by atoms with Gasteiger partial charge < -0.3 is 19.3 Å². The third-order valence-corrected chi connectivity index (χ3v) is 8.94. The molecule has 4 aliphatic rings. The van der Waals surface area contributed by atoms with Crippen molar-refractivity contribution in [1.82, 2.24) is 9.88 Å². The van der Waals surface area contributed by atoms with Gasteiger partial charge in [-0.25, -0.2) is 9.37 Å². The van der Waals surface area contributed by atoms with Crippen LogP contribution in [-0.2, 0) is 28.9 Å². The molecule has 3 fully saturated rings. The number of fused-ring (bicyclic) bond motifs is 2. The van der Waals surface area contributed by atoms with Crippen molar-refractivity contribution in [3.63, 3.8) is 0 Å². The van der Waals surface area contributed by atoms with Gasteiger partial charge in [-0.05, 0) is 66.0 Å². The van der Waals surface area contributed by atoms with Crippen LogP contribution in [0.25, 0.3) is 11.1 Å². The number of carboxylic acid groups (broad SMARTS) is 1. The van der Waals surface area contributed by atoms with E-state index >= 15 is 4.39 Å². The molecule has 3 aromatic rings. The summed E-state index contributed by atoms with van der Waals surface area (Å²) in [5.41, 5.74) is 5.47. The quantitative estimate of drug-likeness (QED) is 0.311. The number of hydrogen-bond acceptors (Lipinski definition) is 6. The Bertz CT molecular complexity index is 1460. The Balaban J connectivity index is 0.00000103. The first-order chi connectivity index (χ1) is 20.9. The van der Waals surface area contributed by atoms with E-state index in [0.29, 0.717) is 30.5 Å². The first-order valence-corrected chi connectivity index (χ1v) is 15.6. The molecule has 7 rings (SSSR count). The number of nitrogens with zero attached hydrogens (tertiary/aromatic N) is 2. The van der Waals surface area contributed by atoms with Gasteiger partial charge in [-0.1, -0.05) is 56.5 Å². The van der Waals surface area contributed by atoms with Crippen molar-refractivity contribution in [2.45, 2.75) is 83.1 Å². The summed E-state index contributed by atoms with van der Waals surface area (Å²) in [4.78, 5) is 17.8. The van der Waals surface area contributed by atoms with Crippen LogP contribution in [0.2, 0.25) is 0 Å². The van der Waals surface area contributed by atoms with Crippen LogP contribution in [0.5, 0.6) is 11.6 Å². The third-order valence-electron chi connectivity index (χ3n) is 8.94. The Labute approximate surface area is 253 Å². The van der Waals surface area contributed by atoms with E-state index in [0.717, 1.165) is 72.4 Å². The second-order valence-corrected chi connectivity index (χ2v) is 12.2. The van der Waals surface area contributed by atoms with Gasteiger partial charge in [0.1, 0.15) is 17.7 Å². The molecule has 4 heterocycles. The molecule has 8 heteroatoms. The lowest BCUT2D eigenvalue weighted by Gasteiger charge is -2.29. The lowest BCUT2D eigenvalue weighted by Crippen LogP contribution is -2.31. The van der Waals surface area contributed by atoms with E-state index in [1.807, 2.05) is 24.3 Å². The summed E-state index contributed by atoms with van der Waals surface area (Å²) in [5, 5.41) is 9.33. The predicted molar refractivity (Wildman–Crippen MR) is 162 cm³/mol. The van der Waals surface area contributed by atoms with E-state index in [2.05, 4.69) is 22.0 Å². The second kappa shape index (κ2) is 13.0. The monoisotopic (exact) mass is 588 g/mol. The van der Waals surface area contributed by atoms with Gasteiger partial charge in [0.05, 0.1) is 25.3 Å². The number of aryl methyl sites for hydroxylation is 1. The molecular formula is C35H41FN2O5. The topological polar surface area (TPSA) is 81.1 Å². The zero-order chi connectivity index (χ0) is 29.9. The maximum Gasteiger partial charge on any atom is 0.306 e. The van der Waals surface area contributed by atoms with Gasteiger partial charge in [0, 0.05) is 37.4 Å². The molecule has 1 aromatic heterocycles. The Hall–Kier alpha value is -3.49. The number of aromatic nitrogens is 1. The summed E-state index contributed by atoms with van der Waals surface area (Å²) in [6.45, 7) is 4.15. The van der Waals surface area contributed by atoms with E-state index < -0.39 is 11.9 Å². The van der Waals surface area contributed by atoms with Crippen molar-refractivity contribution in [3.8, 4) is 22.8 Å². The molecule has 1 saturated carbocycles. The first kappa shape index (κ1) is 29.6. The number of pyridine rings is 1. The molecule has 228 valence electrons. The number of likely N-dealkylation sites (tertiary alicyclic amines) is 1. The SMILES string of the molecule is C1CC1.COc1cc(-c2ccc(C3CCc4ccc(CC(C)C(=O)O)cc4O3)cc2CN2CCC3OCCC32)c(F)cn1. The molecule has 2 aromatic carbocycles. The van der Waals surface area contributed by atoms with E-state index in [1.165, 1.54) is 32.6 Å². The number of ether oxygens (including phenoxy) is 3. The van der Waals surface area contributed by atoms with Crippen LogP contribution in [0, 0.1) is 11.7 Å². The molecule has 3 aliphatic heterocycles. The molecule has 43 heavy (non-hydrogen) atoms. The molecule has 0 bridgehead atoms. The van der Waals surface area contributed by atoms with Crippen LogP contribution in [0.1, 0.15) is 73.8 Å². The van der Waals surface area contributed by atoms with Crippen LogP contribution in [0.15, 0.2) is 48.7 Å². The van der Waals surface area contributed by atoms with Gasteiger partial charge in [-0.2, -0.15) is 0 Å². The van der Waals surface area contributed by atoms with Gasteiger partial charge >= 0.3 is 5.97 Å². The highest BCUT2D eigenvalue weighted by Crippen LogP contribution is 2.39. The highest BCUT2D eigenvalue weighted by molar-refractivity contribution is 5.70. The van der Waals surface area contributed by atoms with Gasteiger partial charge in [0.2, 0.25) is 5.88 Å². The molecule has 1 aliphatic carbocycles. The summed E-state index contributed by atoms with van der Waals surface area (Å²) in [6.07, 6.45) is 10.0. The number of methoxy groups -OCH3 is 1. The van der Waals surface area contributed by atoms with Crippen molar-refractivity contribution in [1.29, 1.82) is 0 Å². The molecule has 1 N–H and O–H groups in total. The minimum Gasteiger partial charge on any atom is -0.485 e. The fourth-order valence-electron chi connectivity index (χ4n) is 6.37. The first-order valence-electron chi connectivity index (χ1n) is 15.6. The smallest absolute Gasteiger partial charge is 0.306 e. The Morgan fingerprint density at radius 1 is 1.12 bits per heavy atom. The van der Waals surface area contributed by atoms with E-state index in [1.54, 1.807) is 13.0 Å². The summed E-state index contributed by atoms with van der Waals surface area (Å²) in [5.74, 6) is -0.468. The number of rotatable bonds is 8. The number of halogens is 1. The normalized spacial score (nSPS) is 22.9. The maximum atomic E-state index is 15.1. The van der Waals surface area contributed by atoms with Crippen molar-refractivity contribution in [2.24, 2.45) is 5.92 Å². The third kappa shape index (κ3) is 6.86. The summed E-state index contributed by atoms with van der Waals surface area (Å²) in [7, 11) is 1.53. The minimum atomic E-state index is -0.805. The van der Waals surface area contributed by atoms with Gasteiger partial charge in [-0.15, -0.1) is 0 Å². The molecule has 2 saturated heterocycles. The maximum absolute atomic E-state index is 15.1. The zero-order valence-corrected chi connectivity index (χ0v) is 25.1. The predicted octanol–water partition coefficient (Wildman–Crippen LogP) is 6.76. The van der Waals surface area contributed by atoms with Crippen LogP contribution >= 0.6 is 0 Å². The molecular weight excluding hydrogens is 547 g/mol. The molecule has 4 unspecified atom stereocenters. The van der Waals surface area contributed by atoms with Gasteiger partial charge in [-0.3, -0.25) is 9.69 Å². The average molecular weight is 589 g/mol. The largest absolute Gasteiger partial charge is 0.485 e. The molecule has 0 radical (unpaired) electrons. The summed E-state index contributed by atoms with van der Waals surface area (Å²) < 4.78 is 32.8. The fourth-order valence-corrected chi connectivity index (χ4v) is 6.37. The van der Waals surface area contributed by atoms with Gasteiger partial charge in [0.15, 0.2) is 0 Å². The van der Waals surface area contributed by atoms with Crippen LogP contribution in [0.3, 0.4) is 0 Å². The summed E-state index contributed by atoms with van der Waals surface area (Å²) in [6, 6.07) is 14.3. The summed E-state index contributed by atoms with van der Waals surface area (Å²) >= 11 is 0. The Kier molecular flexibility index (Phi) is 8.96. The van der Waals surface area contributed by atoms with E-state index in [4.69, 9.17) is 14.2 Å². The number of benzene rings is 2. The standard InChI is InChI=1S/C32H35FN2O5.C3H6/c1-19(32(36)37)13-20-3-4-21-6-8-28(40-30(21)14-20)22-5-7-24(25-16-31(38-2)34-17-26(25)33)23(15-22)18-35-11-9-29-27(35)10-12-39-29;1-2-3-1/h3-5,7,14-17,19,27-29H,6,8-13,18H2,1-2H3,(H,36,37);1-3H2. The van der Waals surface area contributed by atoms with Crippen molar-refractivity contribution >= 4 is 5.97 Å². The van der Waals surface area contributed by atoms with E-state index in [-0.39, 0.29) is 18.0 Å². The van der Waals surface area contributed by atoms with E-state index in [9.17, 15) is 9.90 Å². The highest BCUT2D eigenvalue weighted by atomic mass is 19.1. The number of hydrogen-bond donors (Lipinski definition) is 1. The van der Waals surface area contributed by atoms with Crippen LogP contribution in [0.4, 0.5) is 4.39 Å². The van der Waals surface area contributed by atoms with Crippen molar-refractivity contribution < 1.29 is 28.5 Å². The lowest BCUT2D eigenvalue weighted by atomic mass is 9.91. The minimum absolute atomic E-state index is 0.148. The average Bonchev–Trinajstić information content (AvgIpc) is 3.75. The Morgan fingerprint density at radius 3 is 2.72 bits per heavy atom. The zero-order valence-electron chi connectivity index (χ0n) is 25.1. The second-order valence-electron chi connectivity index (χ2n) is 12.2. The Morgan fingerprint density at radius 2 is 1.95 bits per heavy atom. The van der Waals surface area contributed by atoms with Crippen molar-refractivity contribution in [2.75, 3.05) is 20.3 Å². The molecule has 4 atom stereocenters. The molecule has 0 amide bonds. The number of aliphatic carboxylic acids is 1. The highest BCUT2D eigenvalue weighted by Gasteiger charge is 2.39. The number of carbonyl (C=O) groups is 1. The molecule has 7 nitrogen and oxygen atoms in total. The van der Waals surface area contributed by atoms with Crippen LogP contribution in [-0.4, -0.2) is 53.4 Å². The lowest BCUT2D eigenvalue weighted by molar-refractivity contribution is -0.141. The van der Waals surface area contributed by atoms with Crippen LogP contribution < -0.4 is 9.47 Å². The number of carboxylic acids is 1. The van der Waals surface area contributed by atoms with Crippen molar-refractivity contribution in [3.05, 3.63) is 76.7 Å². The molecule has 0 spiro atoms.